The summed E-state index contributed by atoms with van der Waals surface area (Å²) >= 11 is 1.91. The maximum absolute atomic E-state index is 14.9. The number of aryl methyl sites for hydroxylation is 1. The first-order valence-electron chi connectivity index (χ1n) is 12.2. The van der Waals surface area contributed by atoms with Gasteiger partial charge in [-0.1, -0.05) is 13.8 Å². The van der Waals surface area contributed by atoms with Crippen LogP contribution in [0.3, 0.4) is 0 Å². The van der Waals surface area contributed by atoms with E-state index in [2.05, 4.69) is 6.92 Å². The van der Waals surface area contributed by atoms with Gasteiger partial charge in [0, 0.05) is 22.6 Å². The van der Waals surface area contributed by atoms with E-state index in [-0.39, 0.29) is 30.0 Å². The van der Waals surface area contributed by atoms with Gasteiger partial charge in [0.1, 0.15) is 12.4 Å². The minimum Gasteiger partial charge on any atom is -0.458 e. The molecule has 1 N–H and O–H groups in total. The average Bonchev–Trinajstić information content (AvgIpc) is 3.20. The monoisotopic (exact) mass is 496 g/mol. The Morgan fingerprint density at radius 1 is 1.23 bits per heavy atom. The molecule has 0 saturated heterocycles. The number of ether oxygens (including phenoxy) is 1. The van der Waals surface area contributed by atoms with Crippen LogP contribution in [0.15, 0.2) is 23.0 Å². The molecule has 0 spiro atoms. The first-order chi connectivity index (χ1) is 16.8. The van der Waals surface area contributed by atoms with Crippen LogP contribution >= 0.6 is 11.8 Å². The van der Waals surface area contributed by atoms with Gasteiger partial charge >= 0.3 is 5.97 Å². The number of aliphatic hydroxyl groups is 1. The molecule has 5 rings (SSSR count). The minimum absolute atomic E-state index is 0.0876. The van der Waals surface area contributed by atoms with Gasteiger partial charge in [-0.05, 0) is 67.4 Å². The molecule has 8 heteroatoms. The molecule has 0 bridgehead atoms. The fourth-order valence-corrected chi connectivity index (χ4v) is 5.93. The quantitative estimate of drug-likeness (QED) is 0.297. The number of cyclic esters (lactones) is 1. The highest BCUT2D eigenvalue weighted by atomic mass is 32.2. The summed E-state index contributed by atoms with van der Waals surface area (Å²) in [7, 11) is 0. The van der Waals surface area contributed by atoms with Crippen LogP contribution in [0.25, 0.3) is 22.3 Å². The number of carbonyl (C=O) groups is 1. The lowest BCUT2D eigenvalue weighted by Crippen LogP contribution is -2.44. The molecule has 6 nitrogen and oxygen atoms in total. The molecular weight excluding hydrogens is 467 g/mol. The number of fused-ring (bicyclic) bond motifs is 5. The van der Waals surface area contributed by atoms with Crippen molar-refractivity contribution < 1.29 is 19.0 Å². The minimum atomic E-state index is -1.87. The van der Waals surface area contributed by atoms with Crippen LogP contribution in [0.5, 0.6) is 0 Å². The molecule has 4 heterocycles. The molecule has 2 aliphatic heterocycles. The van der Waals surface area contributed by atoms with E-state index in [1.165, 1.54) is 6.07 Å². The first kappa shape index (κ1) is 24.0. The summed E-state index contributed by atoms with van der Waals surface area (Å²) in [4.78, 5) is 30.5. The van der Waals surface area contributed by atoms with E-state index < -0.39 is 11.6 Å². The Labute approximate surface area is 207 Å². The number of thioether (sulfide) groups is 1. The molecule has 0 amide bonds. The average molecular weight is 497 g/mol. The Kier molecular flexibility index (Phi) is 6.21. The van der Waals surface area contributed by atoms with Crippen LogP contribution in [-0.4, -0.2) is 32.1 Å². The largest absolute Gasteiger partial charge is 0.458 e. The highest BCUT2D eigenvalue weighted by Gasteiger charge is 2.45. The highest BCUT2D eigenvalue weighted by molar-refractivity contribution is 7.99. The maximum Gasteiger partial charge on any atom is 0.343 e. The van der Waals surface area contributed by atoms with Gasteiger partial charge in [-0.15, -0.1) is 0 Å². The van der Waals surface area contributed by atoms with E-state index in [0.29, 0.717) is 34.6 Å². The van der Waals surface area contributed by atoms with Crippen molar-refractivity contribution in [1.82, 2.24) is 9.55 Å². The molecule has 2 aromatic heterocycles. The molecule has 1 aromatic carbocycles. The number of benzene rings is 1. The number of aromatic nitrogens is 2. The molecule has 3 aromatic rings. The summed E-state index contributed by atoms with van der Waals surface area (Å²) in [6.07, 6.45) is 2.90. The summed E-state index contributed by atoms with van der Waals surface area (Å²) in [6.45, 7) is 5.81. The molecule has 0 unspecified atom stereocenters. The number of hydrogen-bond acceptors (Lipinski definition) is 6. The molecule has 2 aliphatic rings. The second-order valence-electron chi connectivity index (χ2n) is 9.28. The van der Waals surface area contributed by atoms with E-state index >= 15 is 0 Å². The fraction of sp³-hybridized carbons (Fsp3) is 0.444. The lowest BCUT2D eigenvalue weighted by atomic mass is 9.86. The number of esters is 1. The number of hydrogen-bond donors (Lipinski definition) is 1. The maximum atomic E-state index is 14.9. The van der Waals surface area contributed by atoms with Crippen molar-refractivity contribution in [2.45, 2.75) is 65.2 Å². The van der Waals surface area contributed by atoms with Crippen molar-refractivity contribution in [2.75, 3.05) is 11.5 Å². The molecular formula is C27H29FN2O4S. The lowest BCUT2D eigenvalue weighted by molar-refractivity contribution is -0.172. The highest BCUT2D eigenvalue weighted by Crippen LogP contribution is 2.39. The molecule has 184 valence electrons. The zero-order valence-corrected chi connectivity index (χ0v) is 21.1. The van der Waals surface area contributed by atoms with Gasteiger partial charge in [-0.25, -0.2) is 14.2 Å². The van der Waals surface area contributed by atoms with E-state index in [9.17, 15) is 19.1 Å². The lowest BCUT2D eigenvalue weighted by Gasteiger charge is -2.31. The Morgan fingerprint density at radius 3 is 2.77 bits per heavy atom. The van der Waals surface area contributed by atoms with Gasteiger partial charge in [0.25, 0.3) is 5.56 Å². The van der Waals surface area contributed by atoms with Gasteiger partial charge < -0.3 is 14.4 Å². The predicted octanol–water partition coefficient (Wildman–Crippen LogP) is 4.60. The smallest absolute Gasteiger partial charge is 0.343 e. The van der Waals surface area contributed by atoms with Crippen LogP contribution < -0.4 is 5.56 Å². The van der Waals surface area contributed by atoms with Crippen LogP contribution in [0.4, 0.5) is 4.39 Å². The van der Waals surface area contributed by atoms with Gasteiger partial charge in [0.05, 0.1) is 29.0 Å². The normalized spacial score (nSPS) is 18.4. The molecule has 0 radical (unpaired) electrons. The SMILES string of the molecule is CCSCCCCc1c(C)c(F)cc2nc3c(cc12)Cn1c-3cc2c(c1=O)COC(=O)[C@]2(O)CC. The van der Waals surface area contributed by atoms with E-state index in [1.54, 1.807) is 17.6 Å². The van der Waals surface area contributed by atoms with Crippen LogP contribution in [0.2, 0.25) is 0 Å². The second kappa shape index (κ2) is 9.06. The van der Waals surface area contributed by atoms with Crippen LogP contribution in [-0.2, 0) is 34.7 Å². The zero-order valence-electron chi connectivity index (χ0n) is 20.2. The molecule has 1 atom stereocenters. The standard InChI is InChI=1S/C27H29FN2O4S/c1-4-27(33)20-11-23-24-16(13-30(23)25(31)19(20)14-34-26(27)32)10-18-17(8-6-7-9-35-5-2)15(3)21(28)12-22(18)29-24/h10-12,33H,4-9,13-14H2,1-3H3/t27-/m0/s1. The van der Waals surface area contributed by atoms with Crippen molar-refractivity contribution in [2.24, 2.45) is 0 Å². The third-order valence-corrected chi connectivity index (χ3v) is 8.30. The predicted molar refractivity (Wildman–Crippen MR) is 135 cm³/mol. The fourth-order valence-electron chi connectivity index (χ4n) is 5.23. The van der Waals surface area contributed by atoms with Gasteiger partial charge in [0.15, 0.2) is 5.60 Å². The summed E-state index contributed by atoms with van der Waals surface area (Å²) in [5, 5.41) is 11.9. The Balaban J connectivity index is 1.62. The van der Waals surface area contributed by atoms with Gasteiger partial charge in [-0.2, -0.15) is 11.8 Å². The molecule has 0 fully saturated rings. The van der Waals surface area contributed by atoms with Gasteiger partial charge in [-0.3, -0.25) is 4.79 Å². The number of unbranched alkanes of at least 4 members (excludes halogenated alkanes) is 1. The van der Waals surface area contributed by atoms with Crippen molar-refractivity contribution in [3.63, 3.8) is 0 Å². The zero-order chi connectivity index (χ0) is 24.9. The van der Waals surface area contributed by atoms with E-state index in [4.69, 9.17) is 9.72 Å². The number of carbonyl (C=O) groups excluding carboxylic acids is 1. The number of halogens is 1. The van der Waals surface area contributed by atoms with Crippen LogP contribution in [0.1, 0.15) is 60.9 Å². The third-order valence-electron chi connectivity index (χ3n) is 7.31. The van der Waals surface area contributed by atoms with Gasteiger partial charge in [0.2, 0.25) is 0 Å². The Hall–Kier alpha value is -2.71. The Morgan fingerprint density at radius 2 is 2.03 bits per heavy atom. The van der Waals surface area contributed by atoms with E-state index in [0.717, 1.165) is 47.3 Å². The number of rotatable bonds is 7. The summed E-state index contributed by atoms with van der Waals surface area (Å²) in [5.41, 5.74) is 2.57. The molecule has 0 aliphatic carbocycles. The van der Waals surface area contributed by atoms with Crippen molar-refractivity contribution in [3.8, 4) is 11.4 Å². The third kappa shape index (κ3) is 3.78. The summed E-state index contributed by atoms with van der Waals surface area (Å²) in [5.74, 6) is 1.15. The molecule has 0 saturated carbocycles. The topological polar surface area (TPSA) is 81.4 Å². The van der Waals surface area contributed by atoms with Crippen LogP contribution in [0, 0.1) is 12.7 Å². The van der Waals surface area contributed by atoms with Crippen molar-refractivity contribution in [1.29, 1.82) is 0 Å². The van der Waals surface area contributed by atoms with Crippen molar-refractivity contribution in [3.05, 3.63) is 62.2 Å². The summed E-state index contributed by atoms with van der Waals surface area (Å²) < 4.78 is 21.6. The first-order valence-corrected chi connectivity index (χ1v) is 13.3. The number of pyridine rings is 2. The summed E-state index contributed by atoms with van der Waals surface area (Å²) in [6, 6.07) is 5.17. The second-order valence-corrected chi connectivity index (χ2v) is 10.7. The Bertz CT molecular complexity index is 1420. The van der Waals surface area contributed by atoms with E-state index in [1.807, 2.05) is 24.8 Å². The molecule has 35 heavy (non-hydrogen) atoms. The van der Waals surface area contributed by atoms with Crippen molar-refractivity contribution >= 4 is 28.6 Å². The number of nitrogens with zero attached hydrogens (tertiary/aromatic N) is 2.